The number of benzene rings is 1. The van der Waals surface area contributed by atoms with Gasteiger partial charge in [-0.25, -0.2) is 4.79 Å². The lowest BCUT2D eigenvalue weighted by atomic mass is 9.62. The average molecular weight is 743 g/mol. The van der Waals surface area contributed by atoms with E-state index in [1.807, 2.05) is 48.0 Å². The normalized spacial score (nSPS) is 21.0. The van der Waals surface area contributed by atoms with Gasteiger partial charge in [0.25, 0.3) is 0 Å². The maximum Gasteiger partial charge on any atom is 0.408 e. The number of thioether (sulfide) groups is 1. The number of rotatable bonds is 16. The average Bonchev–Trinajstić information content (AvgIpc) is 3.84. The van der Waals surface area contributed by atoms with Crippen molar-refractivity contribution < 1.29 is 23.8 Å². The molecule has 12 heteroatoms. The van der Waals surface area contributed by atoms with E-state index in [-0.39, 0.29) is 19.1 Å². The highest BCUT2D eigenvalue weighted by Gasteiger charge is 2.37. The Morgan fingerprint density at radius 1 is 1.02 bits per heavy atom. The molecular weight excluding hydrogens is 689 g/mol. The van der Waals surface area contributed by atoms with Gasteiger partial charge in [0.2, 0.25) is 5.91 Å². The summed E-state index contributed by atoms with van der Waals surface area (Å²) in [5.41, 5.74) is 2.68. The number of carbonyl (C=O) groups excluding carboxylic acids is 2. The predicted octanol–water partition coefficient (Wildman–Crippen LogP) is 7.04. The minimum absolute atomic E-state index is 0.0385. The Kier molecular flexibility index (Phi) is 14.5. The van der Waals surface area contributed by atoms with Crippen molar-refractivity contribution in [1.82, 2.24) is 30.4 Å². The first-order valence-corrected chi connectivity index (χ1v) is 20.3. The third kappa shape index (κ3) is 11.5. The van der Waals surface area contributed by atoms with E-state index in [9.17, 15) is 9.59 Å². The van der Waals surface area contributed by atoms with Gasteiger partial charge < -0.3 is 24.8 Å². The third-order valence-corrected chi connectivity index (χ3v) is 12.2. The molecule has 2 aromatic heterocycles. The molecule has 3 aromatic rings. The number of fused-ring (bicyclic) bond motifs is 2. The highest BCUT2D eigenvalue weighted by Crippen LogP contribution is 2.47. The number of hydrogen-bond donors (Lipinski definition) is 2. The van der Waals surface area contributed by atoms with Crippen LogP contribution < -0.4 is 15.4 Å². The quantitative estimate of drug-likeness (QED) is 0.117. The number of pyridine rings is 1. The maximum absolute atomic E-state index is 12.6. The molecule has 1 unspecified atom stereocenters. The van der Waals surface area contributed by atoms with Gasteiger partial charge >= 0.3 is 6.09 Å². The minimum atomic E-state index is -0.552. The van der Waals surface area contributed by atoms with Crippen molar-refractivity contribution in [3.05, 3.63) is 59.7 Å². The van der Waals surface area contributed by atoms with Crippen molar-refractivity contribution in [2.24, 2.45) is 23.7 Å². The van der Waals surface area contributed by atoms with Crippen LogP contribution in [0.2, 0.25) is 0 Å². The first-order chi connectivity index (χ1) is 25.9. The van der Waals surface area contributed by atoms with Crippen LogP contribution in [0.5, 0.6) is 5.75 Å². The summed E-state index contributed by atoms with van der Waals surface area (Å²) in [5.74, 6) is 10.5. The summed E-state index contributed by atoms with van der Waals surface area (Å²) >= 11 is 1.78. The molecule has 4 atom stereocenters. The van der Waals surface area contributed by atoms with E-state index in [0.29, 0.717) is 61.4 Å². The molecule has 2 amide bonds. The molecule has 0 spiro atoms. The van der Waals surface area contributed by atoms with Gasteiger partial charge in [-0.2, -0.15) is 0 Å². The smallest absolute Gasteiger partial charge is 0.408 e. The van der Waals surface area contributed by atoms with Gasteiger partial charge in [-0.05, 0) is 105 Å². The summed E-state index contributed by atoms with van der Waals surface area (Å²) in [7, 11) is 0. The molecule has 0 saturated heterocycles. The standard InChI is InChI=1S/C41H54N6O5S/c1-3-30-23-31-12-13-33(34(24-30)25-31)26-39(48)43-17-20-50-21-18-44-41(49)51-19-7-8-32-14-15-36(22-29(32)2)52-28-38-45-46-40(53-37-10-4-5-11-37)47(38)35-9-6-16-42-27-35/h6,9,14-16,22,27,30-31,33-34,37H,3-5,10-13,17-21,23-26,28H2,1-2H3,(H,43,48)(H,44,49)/t30-,31+,33?,34-/m0/s1. The number of ether oxygens (including phenoxy) is 3. The lowest BCUT2D eigenvalue weighted by molar-refractivity contribution is -0.123. The molecule has 2 heterocycles. The fourth-order valence-corrected chi connectivity index (χ4v) is 9.36. The van der Waals surface area contributed by atoms with Crippen LogP contribution in [0.4, 0.5) is 4.79 Å². The summed E-state index contributed by atoms with van der Waals surface area (Å²) in [6.45, 7) is 5.99. The van der Waals surface area contributed by atoms with Gasteiger partial charge in [-0.3, -0.25) is 14.3 Å². The van der Waals surface area contributed by atoms with E-state index in [1.54, 1.807) is 18.0 Å². The van der Waals surface area contributed by atoms with E-state index in [2.05, 4.69) is 44.6 Å². The van der Waals surface area contributed by atoms with Crippen molar-refractivity contribution in [1.29, 1.82) is 0 Å². The predicted molar refractivity (Wildman–Crippen MR) is 205 cm³/mol. The molecule has 2 bridgehead atoms. The van der Waals surface area contributed by atoms with Gasteiger partial charge in [-0.1, -0.05) is 56.2 Å². The van der Waals surface area contributed by atoms with E-state index >= 15 is 0 Å². The molecule has 6 rings (SSSR count). The number of alkyl carbamates (subject to hydrolysis) is 1. The van der Waals surface area contributed by atoms with Crippen molar-refractivity contribution in [2.75, 3.05) is 32.9 Å². The Bertz CT molecular complexity index is 1700. The van der Waals surface area contributed by atoms with Gasteiger partial charge in [0.1, 0.15) is 12.4 Å². The number of aromatic nitrogens is 4. The van der Waals surface area contributed by atoms with Crippen LogP contribution in [0.1, 0.15) is 94.5 Å². The van der Waals surface area contributed by atoms with Crippen LogP contribution in [0.25, 0.3) is 5.69 Å². The third-order valence-electron chi connectivity index (χ3n) is 10.9. The highest BCUT2D eigenvalue weighted by atomic mass is 32.2. The molecule has 0 aliphatic heterocycles. The number of amides is 2. The van der Waals surface area contributed by atoms with E-state index < -0.39 is 6.09 Å². The highest BCUT2D eigenvalue weighted by molar-refractivity contribution is 7.99. The SMILES string of the molecule is CC[C@H]1C[C@H]2CCC(CC(=O)NCCOCCNC(=O)OCC#Cc3ccc(OCc4nnc(SC5CCCC5)n4-c4cccnc4)cc3C)[C@H](C2)C1. The minimum Gasteiger partial charge on any atom is -0.486 e. The summed E-state index contributed by atoms with van der Waals surface area (Å²) in [6, 6.07) is 9.62. The monoisotopic (exact) mass is 742 g/mol. The van der Waals surface area contributed by atoms with Crippen molar-refractivity contribution >= 4 is 23.8 Å². The topological polar surface area (TPSA) is 129 Å². The first kappa shape index (κ1) is 38.6. The van der Waals surface area contributed by atoms with Crippen molar-refractivity contribution in [3.8, 4) is 23.3 Å². The zero-order valence-electron chi connectivity index (χ0n) is 31.2. The molecular formula is C41H54N6O5S. The molecule has 53 heavy (non-hydrogen) atoms. The summed E-state index contributed by atoms with van der Waals surface area (Å²) in [4.78, 5) is 28.9. The molecule has 3 aliphatic rings. The second-order valence-corrected chi connectivity index (χ2v) is 15.9. The zero-order valence-corrected chi connectivity index (χ0v) is 32.0. The Labute approximate surface area is 318 Å². The number of aryl methyl sites for hydroxylation is 1. The lowest BCUT2D eigenvalue weighted by Gasteiger charge is -2.43. The van der Waals surface area contributed by atoms with E-state index in [1.165, 1.54) is 64.2 Å². The number of nitrogens with one attached hydrogen (secondary N) is 2. The zero-order chi connectivity index (χ0) is 36.8. The molecule has 0 radical (unpaired) electrons. The van der Waals surface area contributed by atoms with E-state index in [0.717, 1.165) is 33.8 Å². The van der Waals surface area contributed by atoms with Crippen LogP contribution in [0, 0.1) is 42.4 Å². The number of carbonyl (C=O) groups is 2. The first-order valence-electron chi connectivity index (χ1n) is 19.4. The van der Waals surface area contributed by atoms with Crippen LogP contribution in [-0.2, 0) is 20.9 Å². The Balaban J connectivity index is 0.851. The Morgan fingerprint density at radius 2 is 1.87 bits per heavy atom. The fourth-order valence-electron chi connectivity index (χ4n) is 8.09. The molecule has 3 fully saturated rings. The van der Waals surface area contributed by atoms with E-state index in [4.69, 9.17) is 14.2 Å². The largest absolute Gasteiger partial charge is 0.486 e. The summed E-state index contributed by atoms with van der Waals surface area (Å²) < 4.78 is 19.0. The fraction of sp³-hybridized carbons (Fsp3) is 0.585. The Morgan fingerprint density at radius 3 is 2.66 bits per heavy atom. The van der Waals surface area contributed by atoms with Crippen molar-refractivity contribution in [3.63, 3.8) is 0 Å². The molecule has 11 nitrogen and oxygen atoms in total. The molecule has 3 aliphatic carbocycles. The van der Waals surface area contributed by atoms with Gasteiger partial charge in [0.15, 0.2) is 17.6 Å². The molecule has 3 saturated carbocycles. The van der Waals surface area contributed by atoms with Gasteiger partial charge in [-0.15, -0.1) is 10.2 Å². The van der Waals surface area contributed by atoms with Crippen LogP contribution >= 0.6 is 11.8 Å². The summed E-state index contributed by atoms with van der Waals surface area (Å²) in [6.07, 6.45) is 16.3. The van der Waals surface area contributed by atoms with Crippen LogP contribution in [-0.4, -0.2) is 69.9 Å². The second-order valence-electron chi connectivity index (χ2n) is 14.7. The van der Waals surface area contributed by atoms with Crippen molar-refractivity contribution in [2.45, 2.75) is 101 Å². The second kappa shape index (κ2) is 19.8. The number of hydrogen-bond acceptors (Lipinski definition) is 9. The Hall–Kier alpha value is -4.08. The lowest BCUT2D eigenvalue weighted by Crippen LogP contribution is -2.36. The molecule has 2 N–H and O–H groups in total. The van der Waals surface area contributed by atoms with Gasteiger partial charge in [0.05, 0.1) is 25.1 Å². The van der Waals surface area contributed by atoms with Crippen LogP contribution in [0.15, 0.2) is 47.9 Å². The number of nitrogens with zero attached hydrogens (tertiary/aromatic N) is 4. The molecule has 284 valence electrons. The maximum atomic E-state index is 12.6. The van der Waals surface area contributed by atoms with Crippen LogP contribution in [0.3, 0.4) is 0 Å². The molecule has 1 aromatic carbocycles. The summed E-state index contributed by atoms with van der Waals surface area (Å²) in [5, 5.41) is 16.1. The van der Waals surface area contributed by atoms with Gasteiger partial charge in [0, 0.05) is 36.5 Å².